The smallest absolute Gasteiger partial charge is 0.00445 e. The van der Waals surface area contributed by atoms with Crippen LogP contribution in [0.1, 0.15) is 43.2 Å². The molecule has 1 aliphatic heterocycles. The first-order valence-corrected chi connectivity index (χ1v) is 6.25. The van der Waals surface area contributed by atoms with Crippen molar-refractivity contribution >= 4 is 6.08 Å². The van der Waals surface area contributed by atoms with Crippen LogP contribution in [0.25, 0.3) is 6.08 Å². The maximum Gasteiger partial charge on any atom is 0.00445 e. The first-order chi connectivity index (χ1) is 7.79. The molecule has 86 valence electrons. The van der Waals surface area contributed by atoms with Crippen LogP contribution in [-0.4, -0.2) is 12.6 Å². The van der Waals surface area contributed by atoms with E-state index in [1.54, 1.807) is 0 Å². The SMILES string of the molecule is C=Cc1ccc(C2CCCNC(C)C2)cc1. The van der Waals surface area contributed by atoms with Crippen molar-refractivity contribution in [3.8, 4) is 0 Å². The van der Waals surface area contributed by atoms with Gasteiger partial charge in [0.05, 0.1) is 0 Å². The number of benzene rings is 1. The van der Waals surface area contributed by atoms with Gasteiger partial charge in [0, 0.05) is 6.04 Å². The summed E-state index contributed by atoms with van der Waals surface area (Å²) >= 11 is 0. The molecule has 1 heterocycles. The van der Waals surface area contributed by atoms with Crippen molar-refractivity contribution in [2.75, 3.05) is 6.54 Å². The molecule has 0 amide bonds. The molecule has 0 radical (unpaired) electrons. The minimum atomic E-state index is 0.645. The zero-order chi connectivity index (χ0) is 11.4. The maximum atomic E-state index is 3.79. The predicted octanol–water partition coefficient (Wildman–Crippen LogP) is 3.58. The van der Waals surface area contributed by atoms with Gasteiger partial charge in [-0.15, -0.1) is 0 Å². The predicted molar refractivity (Wildman–Crippen MR) is 70.6 cm³/mol. The second-order valence-electron chi connectivity index (χ2n) is 4.80. The Bertz CT molecular complexity index is 339. The standard InChI is InChI=1S/C15H21N/c1-3-13-6-8-14(9-7-13)15-5-4-10-16-12(2)11-15/h3,6-9,12,15-16H,1,4-5,10-11H2,2H3. The molecule has 1 nitrogen and oxygen atoms in total. The number of nitrogens with one attached hydrogen (secondary N) is 1. The molecule has 0 spiro atoms. The first-order valence-electron chi connectivity index (χ1n) is 6.25. The van der Waals surface area contributed by atoms with E-state index in [2.05, 4.69) is 43.1 Å². The molecule has 1 aromatic carbocycles. The Kier molecular flexibility index (Phi) is 3.79. The summed E-state index contributed by atoms with van der Waals surface area (Å²) in [5.41, 5.74) is 2.70. The summed E-state index contributed by atoms with van der Waals surface area (Å²) in [5.74, 6) is 0.726. The molecule has 0 saturated carbocycles. The van der Waals surface area contributed by atoms with Gasteiger partial charge in [-0.2, -0.15) is 0 Å². The molecule has 1 aliphatic rings. The van der Waals surface area contributed by atoms with Crippen LogP contribution in [0, 0.1) is 0 Å². The van der Waals surface area contributed by atoms with Crippen LogP contribution in [-0.2, 0) is 0 Å². The second kappa shape index (κ2) is 5.31. The molecule has 0 aliphatic carbocycles. The van der Waals surface area contributed by atoms with Crippen LogP contribution in [0.4, 0.5) is 0 Å². The molecule has 16 heavy (non-hydrogen) atoms. The van der Waals surface area contributed by atoms with Gasteiger partial charge >= 0.3 is 0 Å². The van der Waals surface area contributed by atoms with Crippen molar-refractivity contribution in [3.63, 3.8) is 0 Å². The topological polar surface area (TPSA) is 12.0 Å². The van der Waals surface area contributed by atoms with Gasteiger partial charge in [-0.25, -0.2) is 0 Å². The Morgan fingerprint density at radius 1 is 1.31 bits per heavy atom. The number of rotatable bonds is 2. The normalized spacial score (nSPS) is 26.1. The zero-order valence-electron chi connectivity index (χ0n) is 10.1. The molecule has 2 unspecified atom stereocenters. The van der Waals surface area contributed by atoms with E-state index >= 15 is 0 Å². The average molecular weight is 215 g/mol. The van der Waals surface area contributed by atoms with Gasteiger partial charge in [0.25, 0.3) is 0 Å². The van der Waals surface area contributed by atoms with Crippen molar-refractivity contribution in [2.45, 2.75) is 38.1 Å². The van der Waals surface area contributed by atoms with Crippen LogP contribution >= 0.6 is 0 Å². The van der Waals surface area contributed by atoms with Gasteiger partial charge in [-0.05, 0) is 49.8 Å². The third kappa shape index (κ3) is 2.73. The highest BCUT2D eigenvalue weighted by atomic mass is 14.9. The lowest BCUT2D eigenvalue weighted by molar-refractivity contribution is 0.516. The average Bonchev–Trinajstić information content (AvgIpc) is 2.54. The molecule has 2 atom stereocenters. The molecule has 0 bridgehead atoms. The molecular weight excluding hydrogens is 194 g/mol. The first kappa shape index (κ1) is 11.4. The molecule has 0 aromatic heterocycles. The Labute approximate surface area is 98.6 Å². The van der Waals surface area contributed by atoms with E-state index in [1.807, 2.05) is 6.08 Å². The molecule has 1 N–H and O–H groups in total. The van der Waals surface area contributed by atoms with E-state index < -0.39 is 0 Å². The van der Waals surface area contributed by atoms with E-state index in [-0.39, 0.29) is 0 Å². The Morgan fingerprint density at radius 2 is 2.06 bits per heavy atom. The third-order valence-electron chi connectivity index (χ3n) is 3.50. The molecule has 1 saturated heterocycles. The highest BCUT2D eigenvalue weighted by molar-refractivity contribution is 5.47. The van der Waals surface area contributed by atoms with Crippen molar-refractivity contribution in [1.29, 1.82) is 0 Å². The quantitative estimate of drug-likeness (QED) is 0.795. The summed E-state index contributed by atoms with van der Waals surface area (Å²) < 4.78 is 0. The molecule has 1 aromatic rings. The van der Waals surface area contributed by atoms with Gasteiger partial charge in [0.2, 0.25) is 0 Å². The van der Waals surface area contributed by atoms with Crippen LogP contribution < -0.4 is 5.32 Å². The number of hydrogen-bond acceptors (Lipinski definition) is 1. The molecule has 1 heteroatoms. The third-order valence-corrected chi connectivity index (χ3v) is 3.50. The van der Waals surface area contributed by atoms with Gasteiger partial charge in [0.15, 0.2) is 0 Å². The Morgan fingerprint density at radius 3 is 2.75 bits per heavy atom. The molecule has 2 rings (SSSR count). The van der Waals surface area contributed by atoms with E-state index in [4.69, 9.17) is 0 Å². The number of hydrogen-bond donors (Lipinski definition) is 1. The monoisotopic (exact) mass is 215 g/mol. The fraction of sp³-hybridized carbons (Fsp3) is 0.467. The van der Waals surface area contributed by atoms with E-state index in [0.717, 1.165) is 5.92 Å². The minimum Gasteiger partial charge on any atom is -0.314 e. The molecule has 1 fully saturated rings. The van der Waals surface area contributed by atoms with Crippen LogP contribution in [0.3, 0.4) is 0 Å². The summed E-state index contributed by atoms with van der Waals surface area (Å²) in [4.78, 5) is 0. The summed E-state index contributed by atoms with van der Waals surface area (Å²) in [6.45, 7) is 7.25. The minimum absolute atomic E-state index is 0.645. The fourth-order valence-corrected chi connectivity index (χ4v) is 2.53. The lowest BCUT2D eigenvalue weighted by atomic mass is 9.89. The van der Waals surface area contributed by atoms with Crippen LogP contribution in [0.2, 0.25) is 0 Å². The van der Waals surface area contributed by atoms with Gasteiger partial charge in [0.1, 0.15) is 0 Å². The fourth-order valence-electron chi connectivity index (χ4n) is 2.53. The van der Waals surface area contributed by atoms with Crippen molar-refractivity contribution in [3.05, 3.63) is 42.0 Å². The Hall–Kier alpha value is -1.08. The van der Waals surface area contributed by atoms with Crippen molar-refractivity contribution in [2.24, 2.45) is 0 Å². The van der Waals surface area contributed by atoms with E-state index in [0.29, 0.717) is 6.04 Å². The summed E-state index contributed by atoms with van der Waals surface area (Å²) in [5, 5.41) is 3.55. The van der Waals surface area contributed by atoms with Gasteiger partial charge in [-0.1, -0.05) is 36.9 Å². The van der Waals surface area contributed by atoms with Gasteiger partial charge in [-0.3, -0.25) is 0 Å². The van der Waals surface area contributed by atoms with E-state index in [1.165, 1.54) is 36.9 Å². The lowest BCUT2D eigenvalue weighted by Crippen LogP contribution is -2.25. The summed E-state index contributed by atoms with van der Waals surface area (Å²) in [7, 11) is 0. The highest BCUT2D eigenvalue weighted by Gasteiger charge is 2.17. The summed E-state index contributed by atoms with van der Waals surface area (Å²) in [6, 6.07) is 9.52. The van der Waals surface area contributed by atoms with E-state index in [9.17, 15) is 0 Å². The van der Waals surface area contributed by atoms with Crippen molar-refractivity contribution in [1.82, 2.24) is 5.32 Å². The Balaban J connectivity index is 2.11. The summed E-state index contributed by atoms with van der Waals surface area (Å²) in [6.07, 6.45) is 5.76. The van der Waals surface area contributed by atoms with Crippen LogP contribution in [0.15, 0.2) is 30.8 Å². The molecular formula is C15H21N. The van der Waals surface area contributed by atoms with Gasteiger partial charge < -0.3 is 5.32 Å². The second-order valence-corrected chi connectivity index (χ2v) is 4.80. The lowest BCUT2D eigenvalue weighted by Gasteiger charge is -2.17. The van der Waals surface area contributed by atoms with Crippen molar-refractivity contribution < 1.29 is 0 Å². The zero-order valence-corrected chi connectivity index (χ0v) is 10.1. The van der Waals surface area contributed by atoms with Crippen LogP contribution in [0.5, 0.6) is 0 Å². The largest absolute Gasteiger partial charge is 0.314 e. The highest BCUT2D eigenvalue weighted by Crippen LogP contribution is 2.28. The maximum absolute atomic E-state index is 3.79.